The van der Waals surface area contributed by atoms with E-state index in [9.17, 15) is 15.3 Å². The first-order valence-corrected chi connectivity index (χ1v) is 8.32. The zero-order valence-corrected chi connectivity index (χ0v) is 13.3. The van der Waals surface area contributed by atoms with Crippen molar-refractivity contribution in [3.05, 3.63) is 12.7 Å². The Morgan fingerprint density at radius 2 is 1.33 bits per heavy atom. The van der Waals surface area contributed by atoms with Gasteiger partial charge in [-0.25, -0.2) is 0 Å². The minimum absolute atomic E-state index is 0.0581. The van der Waals surface area contributed by atoms with Gasteiger partial charge in [-0.3, -0.25) is 0 Å². The number of aliphatic hydroxyl groups is 4. The highest BCUT2D eigenvalue weighted by atomic mass is 16.3. The molecular weight excluding hydrogens is 268 g/mol. The van der Waals surface area contributed by atoms with Crippen LogP contribution in [0.1, 0.15) is 64.2 Å². The Morgan fingerprint density at radius 1 is 0.762 bits per heavy atom. The fourth-order valence-corrected chi connectivity index (χ4v) is 2.58. The van der Waals surface area contributed by atoms with E-state index in [-0.39, 0.29) is 19.1 Å². The van der Waals surface area contributed by atoms with Crippen molar-refractivity contribution in [2.45, 2.75) is 76.4 Å². The fourth-order valence-electron chi connectivity index (χ4n) is 2.58. The maximum absolute atomic E-state index is 9.94. The molecule has 0 spiro atoms. The summed E-state index contributed by atoms with van der Waals surface area (Å²) in [5, 5.41) is 37.3. The standard InChI is InChI=1S/C17H34O4/c1-2-3-4-5-6-7-8-9-10-16(20)11-15(13-18)12-17(21)14-19/h2,15-21H,1,3-14H2. The van der Waals surface area contributed by atoms with Crippen molar-refractivity contribution in [1.82, 2.24) is 0 Å². The Hall–Kier alpha value is -0.420. The summed E-state index contributed by atoms with van der Waals surface area (Å²) < 4.78 is 0. The second kappa shape index (κ2) is 14.5. The summed E-state index contributed by atoms with van der Waals surface area (Å²) in [7, 11) is 0. The Morgan fingerprint density at radius 3 is 1.90 bits per heavy atom. The molecule has 0 saturated heterocycles. The second-order valence-electron chi connectivity index (χ2n) is 6.00. The molecule has 0 aromatic rings. The molecule has 0 aliphatic rings. The Labute approximate surface area is 129 Å². The van der Waals surface area contributed by atoms with Gasteiger partial charge in [-0.05, 0) is 38.0 Å². The van der Waals surface area contributed by atoms with Crippen LogP contribution in [-0.2, 0) is 0 Å². The average Bonchev–Trinajstić information content (AvgIpc) is 2.49. The predicted octanol–water partition coefficient (Wildman–Crippen LogP) is 2.40. The third kappa shape index (κ3) is 13.0. The van der Waals surface area contributed by atoms with E-state index in [4.69, 9.17) is 5.11 Å². The maximum Gasteiger partial charge on any atom is 0.0774 e. The molecule has 0 aromatic heterocycles. The van der Waals surface area contributed by atoms with Gasteiger partial charge in [0.2, 0.25) is 0 Å². The lowest BCUT2D eigenvalue weighted by molar-refractivity contribution is 0.0430. The summed E-state index contributed by atoms with van der Waals surface area (Å²) >= 11 is 0. The third-order valence-corrected chi connectivity index (χ3v) is 3.88. The van der Waals surface area contributed by atoms with Crippen LogP contribution in [0.5, 0.6) is 0 Å². The van der Waals surface area contributed by atoms with Crippen LogP contribution in [-0.4, -0.2) is 45.8 Å². The highest BCUT2D eigenvalue weighted by Crippen LogP contribution is 2.17. The molecule has 0 aromatic carbocycles. The van der Waals surface area contributed by atoms with Crippen LogP contribution in [0.4, 0.5) is 0 Å². The molecule has 0 radical (unpaired) electrons. The molecule has 0 saturated carbocycles. The van der Waals surface area contributed by atoms with Crippen LogP contribution in [0.15, 0.2) is 12.7 Å². The van der Waals surface area contributed by atoms with Crippen molar-refractivity contribution in [2.75, 3.05) is 13.2 Å². The number of hydrogen-bond donors (Lipinski definition) is 4. The molecule has 0 heterocycles. The summed E-state index contributed by atoms with van der Waals surface area (Å²) in [6.45, 7) is 3.35. The first-order valence-electron chi connectivity index (χ1n) is 8.32. The highest BCUT2D eigenvalue weighted by Gasteiger charge is 2.17. The first-order chi connectivity index (χ1) is 10.1. The smallest absolute Gasteiger partial charge is 0.0774 e. The van der Waals surface area contributed by atoms with Crippen LogP contribution in [0, 0.1) is 5.92 Å². The Balaban J connectivity index is 3.55. The van der Waals surface area contributed by atoms with Gasteiger partial charge in [0.1, 0.15) is 0 Å². The van der Waals surface area contributed by atoms with Crippen LogP contribution >= 0.6 is 0 Å². The Bertz CT molecular complexity index is 233. The van der Waals surface area contributed by atoms with Gasteiger partial charge in [0.05, 0.1) is 18.8 Å². The second-order valence-corrected chi connectivity index (χ2v) is 6.00. The van der Waals surface area contributed by atoms with E-state index in [1.54, 1.807) is 0 Å². The van der Waals surface area contributed by atoms with E-state index in [2.05, 4.69) is 6.58 Å². The molecule has 0 fully saturated rings. The quantitative estimate of drug-likeness (QED) is 0.277. The van der Waals surface area contributed by atoms with E-state index in [0.717, 1.165) is 25.7 Å². The minimum atomic E-state index is -0.801. The van der Waals surface area contributed by atoms with Crippen molar-refractivity contribution >= 4 is 0 Å². The number of rotatable bonds is 15. The number of allylic oxidation sites excluding steroid dienone is 1. The van der Waals surface area contributed by atoms with Crippen molar-refractivity contribution in [2.24, 2.45) is 5.92 Å². The summed E-state index contributed by atoms with van der Waals surface area (Å²) in [5.41, 5.74) is 0. The molecule has 0 aliphatic heterocycles. The topological polar surface area (TPSA) is 80.9 Å². The van der Waals surface area contributed by atoms with Gasteiger partial charge in [-0.1, -0.05) is 38.2 Å². The van der Waals surface area contributed by atoms with Gasteiger partial charge in [-0.2, -0.15) is 0 Å². The lowest BCUT2D eigenvalue weighted by Crippen LogP contribution is -2.23. The maximum atomic E-state index is 9.94. The van der Waals surface area contributed by atoms with E-state index in [0.29, 0.717) is 12.8 Å². The van der Waals surface area contributed by atoms with Crippen LogP contribution in [0.2, 0.25) is 0 Å². The highest BCUT2D eigenvalue weighted by molar-refractivity contribution is 4.69. The molecule has 126 valence electrons. The van der Waals surface area contributed by atoms with Crippen molar-refractivity contribution in [3.8, 4) is 0 Å². The van der Waals surface area contributed by atoms with Crippen molar-refractivity contribution in [3.63, 3.8) is 0 Å². The number of hydrogen-bond acceptors (Lipinski definition) is 4. The molecule has 3 unspecified atom stereocenters. The summed E-state index contributed by atoms with van der Waals surface area (Å²) in [4.78, 5) is 0. The predicted molar refractivity (Wildman–Crippen MR) is 86.0 cm³/mol. The van der Waals surface area contributed by atoms with Gasteiger partial charge in [0.15, 0.2) is 0 Å². The molecule has 0 amide bonds. The van der Waals surface area contributed by atoms with Gasteiger partial charge in [-0.15, -0.1) is 6.58 Å². The first kappa shape index (κ1) is 20.6. The zero-order chi connectivity index (χ0) is 15.9. The molecule has 4 nitrogen and oxygen atoms in total. The lowest BCUT2D eigenvalue weighted by Gasteiger charge is -2.20. The van der Waals surface area contributed by atoms with Gasteiger partial charge < -0.3 is 20.4 Å². The zero-order valence-electron chi connectivity index (χ0n) is 13.3. The van der Waals surface area contributed by atoms with Gasteiger partial charge >= 0.3 is 0 Å². The Kier molecular flexibility index (Phi) is 14.2. The SMILES string of the molecule is C=CCCCCCCCCC(O)CC(CO)CC(O)CO. The fraction of sp³-hybridized carbons (Fsp3) is 0.882. The monoisotopic (exact) mass is 302 g/mol. The molecule has 21 heavy (non-hydrogen) atoms. The van der Waals surface area contributed by atoms with Gasteiger partial charge in [0.25, 0.3) is 0 Å². The van der Waals surface area contributed by atoms with Crippen LogP contribution in [0.25, 0.3) is 0 Å². The molecule has 0 rings (SSSR count). The number of unbranched alkanes of at least 4 members (excludes halogenated alkanes) is 6. The molecule has 4 N–H and O–H groups in total. The third-order valence-electron chi connectivity index (χ3n) is 3.88. The van der Waals surface area contributed by atoms with Crippen LogP contribution in [0.3, 0.4) is 0 Å². The van der Waals surface area contributed by atoms with Crippen molar-refractivity contribution in [1.29, 1.82) is 0 Å². The number of aliphatic hydroxyl groups excluding tert-OH is 4. The molecule has 0 bridgehead atoms. The summed E-state index contributed by atoms with van der Waals surface area (Å²) in [6.07, 6.45) is 10.5. The molecule has 0 aliphatic carbocycles. The summed E-state index contributed by atoms with van der Waals surface area (Å²) in [5.74, 6) is -0.138. The normalized spacial score (nSPS) is 15.6. The molecule has 4 heteroatoms. The van der Waals surface area contributed by atoms with E-state index >= 15 is 0 Å². The molecule has 3 atom stereocenters. The van der Waals surface area contributed by atoms with Gasteiger partial charge in [0, 0.05) is 6.61 Å². The van der Waals surface area contributed by atoms with E-state index in [1.165, 1.54) is 25.7 Å². The van der Waals surface area contributed by atoms with E-state index in [1.807, 2.05) is 6.08 Å². The minimum Gasteiger partial charge on any atom is -0.396 e. The van der Waals surface area contributed by atoms with E-state index < -0.39 is 12.2 Å². The lowest BCUT2D eigenvalue weighted by atomic mass is 9.93. The summed E-state index contributed by atoms with van der Waals surface area (Å²) in [6, 6.07) is 0. The average molecular weight is 302 g/mol. The van der Waals surface area contributed by atoms with Crippen LogP contribution < -0.4 is 0 Å². The largest absolute Gasteiger partial charge is 0.396 e. The molecular formula is C17H34O4. The van der Waals surface area contributed by atoms with Crippen molar-refractivity contribution < 1.29 is 20.4 Å².